The Kier molecular flexibility index (Phi) is 2.87. The van der Waals surface area contributed by atoms with E-state index in [0.29, 0.717) is 13.1 Å². The first-order valence-corrected chi connectivity index (χ1v) is 6.72. The molecule has 0 aromatic carbocycles. The summed E-state index contributed by atoms with van der Waals surface area (Å²) in [5.74, 6) is 1.75. The zero-order valence-corrected chi connectivity index (χ0v) is 10.8. The normalized spacial score (nSPS) is 28.0. The zero-order valence-electron chi connectivity index (χ0n) is 10.0. The highest BCUT2D eigenvalue weighted by Gasteiger charge is 2.53. The summed E-state index contributed by atoms with van der Waals surface area (Å²) in [6.45, 7) is 6.86. The van der Waals surface area contributed by atoms with E-state index < -0.39 is 5.60 Å². The van der Waals surface area contributed by atoms with Gasteiger partial charge >= 0.3 is 6.09 Å². The molecule has 1 N–H and O–H groups in total. The molecule has 0 bridgehead atoms. The van der Waals surface area contributed by atoms with E-state index in [0.717, 1.165) is 11.5 Å². The monoisotopic (exact) mass is 245 g/mol. The SMILES string of the molecule is CC(C)(C)OC(=O)N1CC2(CSC[C@@H]2O)C1. The van der Waals surface area contributed by atoms with Crippen LogP contribution in [0.25, 0.3) is 0 Å². The molecule has 0 saturated carbocycles. The van der Waals surface area contributed by atoms with Crippen molar-refractivity contribution in [3.8, 4) is 0 Å². The highest BCUT2D eigenvalue weighted by atomic mass is 32.2. The topological polar surface area (TPSA) is 49.8 Å². The molecular formula is C11H19NO3S. The molecule has 2 fully saturated rings. The van der Waals surface area contributed by atoms with Gasteiger partial charge in [-0.1, -0.05) is 0 Å². The molecule has 5 heteroatoms. The average molecular weight is 245 g/mol. The Balaban J connectivity index is 1.86. The average Bonchev–Trinajstić information content (AvgIpc) is 2.40. The second-order valence-corrected chi connectivity index (χ2v) is 6.76. The van der Waals surface area contributed by atoms with Crippen molar-refractivity contribution in [3.05, 3.63) is 0 Å². The van der Waals surface area contributed by atoms with E-state index >= 15 is 0 Å². The van der Waals surface area contributed by atoms with E-state index in [2.05, 4.69) is 0 Å². The van der Waals surface area contributed by atoms with Gasteiger partial charge in [0.25, 0.3) is 0 Å². The van der Waals surface area contributed by atoms with Crippen LogP contribution in [-0.4, -0.2) is 52.4 Å². The number of thioether (sulfide) groups is 1. The van der Waals surface area contributed by atoms with Crippen LogP contribution in [0, 0.1) is 5.41 Å². The van der Waals surface area contributed by atoms with Crippen LogP contribution in [0.3, 0.4) is 0 Å². The van der Waals surface area contributed by atoms with E-state index in [9.17, 15) is 9.90 Å². The third-order valence-corrected chi connectivity index (χ3v) is 4.37. The Morgan fingerprint density at radius 1 is 1.50 bits per heavy atom. The van der Waals surface area contributed by atoms with Gasteiger partial charge < -0.3 is 14.7 Å². The van der Waals surface area contributed by atoms with Crippen LogP contribution in [0.2, 0.25) is 0 Å². The van der Waals surface area contributed by atoms with Crippen molar-refractivity contribution in [1.82, 2.24) is 4.90 Å². The van der Waals surface area contributed by atoms with Crippen molar-refractivity contribution in [1.29, 1.82) is 0 Å². The lowest BCUT2D eigenvalue weighted by molar-refractivity contribution is -0.0679. The highest BCUT2D eigenvalue weighted by molar-refractivity contribution is 7.99. The molecule has 2 heterocycles. The molecule has 4 nitrogen and oxygen atoms in total. The number of carbonyl (C=O) groups is 1. The zero-order chi connectivity index (χ0) is 12.0. The summed E-state index contributed by atoms with van der Waals surface area (Å²) < 4.78 is 5.28. The molecule has 2 saturated heterocycles. The number of hydrogen-bond acceptors (Lipinski definition) is 4. The van der Waals surface area contributed by atoms with Crippen molar-refractivity contribution in [3.63, 3.8) is 0 Å². The highest BCUT2D eigenvalue weighted by Crippen LogP contribution is 2.43. The van der Waals surface area contributed by atoms with Gasteiger partial charge in [-0.3, -0.25) is 0 Å². The molecule has 2 aliphatic rings. The smallest absolute Gasteiger partial charge is 0.410 e. The quantitative estimate of drug-likeness (QED) is 0.699. The predicted molar refractivity (Wildman–Crippen MR) is 63.6 cm³/mol. The second-order valence-electron chi connectivity index (χ2n) is 5.73. The van der Waals surface area contributed by atoms with E-state index in [1.54, 1.807) is 16.7 Å². The summed E-state index contributed by atoms with van der Waals surface area (Å²) in [6.07, 6.45) is -0.529. The molecule has 0 aromatic rings. The van der Waals surface area contributed by atoms with E-state index in [1.165, 1.54) is 0 Å². The number of nitrogens with zero attached hydrogens (tertiary/aromatic N) is 1. The van der Waals surface area contributed by atoms with Crippen LogP contribution in [0.15, 0.2) is 0 Å². The Hall–Kier alpha value is -0.420. The summed E-state index contributed by atoms with van der Waals surface area (Å²) >= 11 is 1.76. The summed E-state index contributed by atoms with van der Waals surface area (Å²) in [6, 6.07) is 0. The van der Waals surface area contributed by atoms with Crippen LogP contribution in [-0.2, 0) is 4.74 Å². The van der Waals surface area contributed by atoms with Gasteiger partial charge in [0.2, 0.25) is 0 Å². The lowest BCUT2D eigenvalue weighted by Crippen LogP contribution is -2.63. The maximum atomic E-state index is 11.7. The molecule has 0 unspecified atom stereocenters. The molecule has 92 valence electrons. The Morgan fingerprint density at radius 2 is 2.12 bits per heavy atom. The minimum Gasteiger partial charge on any atom is -0.444 e. The number of rotatable bonds is 0. The van der Waals surface area contributed by atoms with Crippen LogP contribution < -0.4 is 0 Å². The second kappa shape index (κ2) is 3.81. The fourth-order valence-corrected chi connectivity index (χ4v) is 3.59. The lowest BCUT2D eigenvalue weighted by atomic mass is 9.77. The Bertz CT molecular complexity index is 294. The first kappa shape index (κ1) is 12.0. The maximum Gasteiger partial charge on any atom is 0.410 e. The van der Waals surface area contributed by atoms with Crippen LogP contribution in [0.5, 0.6) is 0 Å². The molecule has 2 aliphatic heterocycles. The molecule has 1 amide bonds. The third-order valence-electron chi connectivity index (χ3n) is 3.04. The Morgan fingerprint density at radius 3 is 2.56 bits per heavy atom. The summed E-state index contributed by atoms with van der Waals surface area (Å²) in [4.78, 5) is 13.4. The Labute approximate surface area is 100 Å². The molecule has 1 atom stereocenters. The number of amides is 1. The molecule has 0 radical (unpaired) electrons. The van der Waals surface area contributed by atoms with E-state index in [4.69, 9.17) is 4.74 Å². The van der Waals surface area contributed by atoms with Gasteiger partial charge in [0, 0.05) is 30.0 Å². The van der Waals surface area contributed by atoms with Gasteiger partial charge in [-0.05, 0) is 20.8 Å². The number of ether oxygens (including phenoxy) is 1. The molecule has 16 heavy (non-hydrogen) atoms. The summed E-state index contributed by atoms with van der Waals surface area (Å²) in [5, 5.41) is 9.83. The standard InChI is InChI=1S/C11H19NO3S/c1-10(2,3)15-9(14)12-5-11(6-12)7-16-4-8(11)13/h8,13H,4-7H2,1-3H3/t8-/m0/s1. The minimum atomic E-state index is -0.442. The van der Waals surface area contributed by atoms with Crippen molar-refractivity contribution in [2.24, 2.45) is 5.41 Å². The number of carbonyl (C=O) groups excluding carboxylic acids is 1. The van der Waals surface area contributed by atoms with Gasteiger partial charge in [-0.25, -0.2) is 4.79 Å². The molecule has 0 aromatic heterocycles. The minimum absolute atomic E-state index is 0.0540. The number of likely N-dealkylation sites (tertiary alicyclic amines) is 1. The van der Waals surface area contributed by atoms with Gasteiger partial charge in [0.05, 0.1) is 6.10 Å². The fraction of sp³-hybridized carbons (Fsp3) is 0.909. The molecule has 1 spiro atoms. The van der Waals surface area contributed by atoms with Crippen LogP contribution in [0.1, 0.15) is 20.8 Å². The van der Waals surface area contributed by atoms with E-state index in [1.807, 2.05) is 20.8 Å². The van der Waals surface area contributed by atoms with Gasteiger partial charge in [0.1, 0.15) is 5.60 Å². The summed E-state index contributed by atoms with van der Waals surface area (Å²) in [7, 11) is 0. The molecular weight excluding hydrogens is 226 g/mol. The van der Waals surface area contributed by atoms with Crippen molar-refractivity contribution in [2.45, 2.75) is 32.5 Å². The molecule has 0 aliphatic carbocycles. The van der Waals surface area contributed by atoms with Gasteiger partial charge in [-0.15, -0.1) is 0 Å². The van der Waals surface area contributed by atoms with Gasteiger partial charge in [0.15, 0.2) is 0 Å². The first-order valence-electron chi connectivity index (χ1n) is 5.56. The van der Waals surface area contributed by atoms with Crippen molar-refractivity contribution >= 4 is 17.9 Å². The van der Waals surface area contributed by atoms with Crippen LogP contribution in [0.4, 0.5) is 4.79 Å². The number of hydrogen-bond donors (Lipinski definition) is 1. The number of aliphatic hydroxyl groups is 1. The van der Waals surface area contributed by atoms with Crippen molar-refractivity contribution < 1.29 is 14.6 Å². The number of aliphatic hydroxyl groups excluding tert-OH is 1. The molecule has 2 rings (SSSR count). The third kappa shape index (κ3) is 2.15. The largest absolute Gasteiger partial charge is 0.444 e. The van der Waals surface area contributed by atoms with E-state index in [-0.39, 0.29) is 17.6 Å². The predicted octanol–water partition coefficient (Wildman–Crippen LogP) is 1.33. The fourth-order valence-electron chi connectivity index (χ4n) is 2.12. The lowest BCUT2D eigenvalue weighted by Gasteiger charge is -2.49. The maximum absolute atomic E-state index is 11.7. The first-order chi connectivity index (χ1) is 7.32. The summed E-state index contributed by atoms with van der Waals surface area (Å²) in [5.41, 5.74) is -0.496. The van der Waals surface area contributed by atoms with Crippen molar-refractivity contribution in [2.75, 3.05) is 24.6 Å². The van der Waals surface area contributed by atoms with Crippen LogP contribution >= 0.6 is 11.8 Å². The van der Waals surface area contributed by atoms with Gasteiger partial charge in [-0.2, -0.15) is 11.8 Å².